The van der Waals surface area contributed by atoms with E-state index in [0.717, 1.165) is 0 Å². The molecule has 0 bridgehead atoms. The van der Waals surface area contributed by atoms with E-state index in [1.165, 1.54) is 0 Å². The average Bonchev–Trinajstić information content (AvgIpc) is 1.63. The van der Waals surface area contributed by atoms with Crippen LogP contribution in [0, 0.1) is 11.3 Å². The first-order valence-corrected chi connectivity index (χ1v) is 3.08. The normalized spacial score (nSPS) is 12.8. The molecule has 0 fully saturated rings. The molecule has 9 heavy (non-hydrogen) atoms. The van der Waals surface area contributed by atoms with Crippen molar-refractivity contribution in [1.82, 2.24) is 0 Å². The Morgan fingerprint density at radius 2 is 2.00 bits per heavy atom. The molecule has 0 aliphatic heterocycles. The summed E-state index contributed by atoms with van der Waals surface area (Å²) in [6.45, 7) is 5.13. The highest BCUT2D eigenvalue weighted by atomic mass is 16.1. The van der Waals surface area contributed by atoms with Crippen LogP contribution in [-0.4, -0.2) is 11.5 Å². The summed E-state index contributed by atoms with van der Waals surface area (Å²) >= 11 is 0. The number of nitrogens with one attached hydrogen (secondary N) is 1. The number of carbonyl (C=O) groups is 1. The minimum Gasteiger partial charge on any atom is -0.310 e. The van der Waals surface area contributed by atoms with E-state index in [9.17, 15) is 4.79 Å². The molecule has 0 rings (SSSR count). The highest BCUT2D eigenvalue weighted by molar-refractivity contribution is 5.86. The Morgan fingerprint density at radius 1 is 1.56 bits per heavy atom. The van der Waals surface area contributed by atoms with Crippen molar-refractivity contribution < 1.29 is 4.79 Å². The first-order chi connectivity index (χ1) is 4.04. The van der Waals surface area contributed by atoms with Crippen LogP contribution in [0.1, 0.15) is 27.2 Å². The summed E-state index contributed by atoms with van der Waals surface area (Å²) in [6, 6.07) is 0. The summed E-state index contributed by atoms with van der Waals surface area (Å²) in [6.07, 6.45) is 0.606. The number of hydrogen-bond acceptors (Lipinski definition) is 2. The van der Waals surface area contributed by atoms with E-state index in [-0.39, 0.29) is 11.7 Å². The van der Waals surface area contributed by atoms with E-state index in [1.54, 1.807) is 13.8 Å². The van der Waals surface area contributed by atoms with Crippen molar-refractivity contribution in [3.8, 4) is 0 Å². The second-order valence-corrected chi connectivity index (χ2v) is 2.50. The fourth-order valence-corrected chi connectivity index (χ4v) is 0.603. The molecule has 0 aromatic carbocycles. The van der Waals surface area contributed by atoms with Gasteiger partial charge in [0, 0.05) is 11.6 Å². The molecule has 0 saturated carbocycles. The van der Waals surface area contributed by atoms with Gasteiger partial charge in [-0.3, -0.25) is 4.79 Å². The van der Waals surface area contributed by atoms with E-state index in [2.05, 4.69) is 0 Å². The molecule has 0 amide bonds. The molecule has 0 aliphatic rings. The summed E-state index contributed by atoms with van der Waals surface area (Å²) in [4.78, 5) is 10.6. The Balaban J connectivity index is 3.63. The first-order valence-electron chi connectivity index (χ1n) is 3.08. The lowest BCUT2D eigenvalue weighted by molar-refractivity contribution is -0.120. The third kappa shape index (κ3) is 3.88. The smallest absolute Gasteiger partial charge is 0.133 e. The van der Waals surface area contributed by atoms with Crippen LogP contribution in [-0.2, 0) is 4.79 Å². The van der Waals surface area contributed by atoms with Gasteiger partial charge in [-0.1, -0.05) is 6.92 Å². The van der Waals surface area contributed by atoms with Crippen LogP contribution in [0.4, 0.5) is 0 Å². The van der Waals surface area contributed by atoms with Gasteiger partial charge in [0.1, 0.15) is 5.78 Å². The van der Waals surface area contributed by atoms with Crippen LogP contribution in [0.5, 0.6) is 0 Å². The van der Waals surface area contributed by atoms with Gasteiger partial charge >= 0.3 is 0 Å². The topological polar surface area (TPSA) is 40.9 Å². The second kappa shape index (κ2) is 3.38. The highest BCUT2D eigenvalue weighted by Crippen LogP contribution is 2.02. The van der Waals surface area contributed by atoms with Crippen molar-refractivity contribution in [3.63, 3.8) is 0 Å². The van der Waals surface area contributed by atoms with Crippen molar-refractivity contribution in [2.45, 2.75) is 27.2 Å². The van der Waals surface area contributed by atoms with Crippen LogP contribution in [0.15, 0.2) is 0 Å². The summed E-state index contributed by atoms with van der Waals surface area (Å²) in [5.41, 5.74) is 0.581. The minimum atomic E-state index is 0.0301. The molecule has 0 aromatic heterocycles. The molecular formula is C7H13NO. The van der Waals surface area contributed by atoms with Gasteiger partial charge in [0.2, 0.25) is 0 Å². The first kappa shape index (κ1) is 8.34. The predicted molar refractivity (Wildman–Crippen MR) is 37.9 cm³/mol. The molecule has 0 heterocycles. The van der Waals surface area contributed by atoms with Crippen LogP contribution < -0.4 is 0 Å². The fourth-order valence-electron chi connectivity index (χ4n) is 0.603. The molecular weight excluding hydrogens is 114 g/mol. The van der Waals surface area contributed by atoms with Gasteiger partial charge in [-0.25, -0.2) is 0 Å². The lowest BCUT2D eigenvalue weighted by Crippen LogP contribution is -2.09. The summed E-state index contributed by atoms with van der Waals surface area (Å²) < 4.78 is 0. The number of rotatable bonds is 3. The average molecular weight is 127 g/mol. The van der Waals surface area contributed by atoms with E-state index in [1.807, 2.05) is 6.92 Å². The second-order valence-electron chi connectivity index (χ2n) is 2.50. The van der Waals surface area contributed by atoms with Gasteiger partial charge < -0.3 is 5.41 Å². The number of carbonyl (C=O) groups excluding carboxylic acids is 1. The molecule has 1 N–H and O–H groups in total. The molecule has 2 nitrogen and oxygen atoms in total. The summed E-state index contributed by atoms with van der Waals surface area (Å²) in [5.74, 6) is 0.198. The number of ketones is 1. The lowest BCUT2D eigenvalue weighted by Gasteiger charge is -2.03. The Bertz CT molecular complexity index is 129. The fraction of sp³-hybridized carbons (Fsp3) is 0.714. The lowest BCUT2D eigenvalue weighted by atomic mass is 10.0. The molecule has 0 radical (unpaired) electrons. The minimum absolute atomic E-state index is 0.0301. The summed E-state index contributed by atoms with van der Waals surface area (Å²) in [7, 11) is 0. The van der Waals surface area contributed by atoms with Crippen LogP contribution in [0.3, 0.4) is 0 Å². The Labute approximate surface area is 55.8 Å². The number of hydrogen-bond donors (Lipinski definition) is 1. The van der Waals surface area contributed by atoms with Gasteiger partial charge in [0.25, 0.3) is 0 Å². The van der Waals surface area contributed by atoms with E-state index >= 15 is 0 Å². The largest absolute Gasteiger partial charge is 0.310 e. The standard InChI is InChI=1S/C7H13NO/c1-5(7(3)9)4-6(2)8/h5,8H,4H2,1-3H3. The quantitative estimate of drug-likeness (QED) is 0.575. The zero-order valence-corrected chi connectivity index (χ0v) is 6.19. The van der Waals surface area contributed by atoms with Gasteiger partial charge in [0.05, 0.1) is 0 Å². The van der Waals surface area contributed by atoms with E-state index in [4.69, 9.17) is 5.41 Å². The van der Waals surface area contributed by atoms with Crippen molar-refractivity contribution in [1.29, 1.82) is 5.41 Å². The molecule has 0 aromatic rings. The van der Waals surface area contributed by atoms with E-state index < -0.39 is 0 Å². The van der Waals surface area contributed by atoms with Crippen LogP contribution in [0.2, 0.25) is 0 Å². The van der Waals surface area contributed by atoms with Crippen molar-refractivity contribution in [2.24, 2.45) is 5.92 Å². The zero-order chi connectivity index (χ0) is 7.44. The van der Waals surface area contributed by atoms with Gasteiger partial charge in [-0.15, -0.1) is 0 Å². The van der Waals surface area contributed by atoms with Gasteiger partial charge in [0.15, 0.2) is 0 Å². The Morgan fingerprint density at radius 3 is 2.11 bits per heavy atom. The van der Waals surface area contributed by atoms with Gasteiger partial charge in [-0.05, 0) is 20.3 Å². The summed E-state index contributed by atoms with van der Waals surface area (Å²) in [5, 5.41) is 7.07. The zero-order valence-electron chi connectivity index (χ0n) is 6.19. The maximum Gasteiger partial charge on any atom is 0.133 e. The highest BCUT2D eigenvalue weighted by Gasteiger charge is 2.06. The monoisotopic (exact) mass is 127 g/mol. The third-order valence-corrected chi connectivity index (χ3v) is 1.31. The predicted octanol–water partition coefficient (Wildman–Crippen LogP) is 1.64. The maximum atomic E-state index is 10.6. The molecule has 0 aliphatic carbocycles. The van der Waals surface area contributed by atoms with Gasteiger partial charge in [-0.2, -0.15) is 0 Å². The molecule has 52 valence electrons. The molecule has 1 atom stereocenters. The van der Waals surface area contributed by atoms with Crippen LogP contribution >= 0.6 is 0 Å². The maximum absolute atomic E-state index is 10.6. The SMILES string of the molecule is CC(=N)CC(C)C(C)=O. The molecule has 0 spiro atoms. The van der Waals surface area contributed by atoms with Crippen molar-refractivity contribution in [3.05, 3.63) is 0 Å². The van der Waals surface area contributed by atoms with Crippen molar-refractivity contribution >= 4 is 11.5 Å². The Kier molecular flexibility index (Phi) is 3.13. The van der Waals surface area contributed by atoms with E-state index in [0.29, 0.717) is 12.1 Å². The molecule has 1 unspecified atom stereocenters. The number of Topliss-reactive ketones (excluding diaryl/α,β-unsaturated/α-hetero) is 1. The third-order valence-electron chi connectivity index (χ3n) is 1.31. The van der Waals surface area contributed by atoms with Crippen molar-refractivity contribution in [2.75, 3.05) is 0 Å². The Hall–Kier alpha value is -0.660. The molecule has 2 heteroatoms. The van der Waals surface area contributed by atoms with Crippen LogP contribution in [0.25, 0.3) is 0 Å². The molecule has 0 saturated heterocycles.